The average Bonchev–Trinajstić information content (AvgIpc) is 2.61. The van der Waals surface area contributed by atoms with E-state index in [0.29, 0.717) is 5.75 Å². The molecule has 138 valence electrons. The van der Waals surface area contributed by atoms with Crippen LogP contribution in [0.5, 0.6) is 11.5 Å². The normalized spacial score (nSPS) is 11.4. The van der Waals surface area contributed by atoms with Crippen molar-refractivity contribution in [3.8, 4) is 11.5 Å². The zero-order valence-electron chi connectivity index (χ0n) is 14.8. The van der Waals surface area contributed by atoms with Crippen molar-refractivity contribution in [3.63, 3.8) is 0 Å². The molecule has 0 saturated carbocycles. The van der Waals surface area contributed by atoms with E-state index in [1.165, 1.54) is 25.1 Å². The Morgan fingerprint density at radius 1 is 1.04 bits per heavy atom. The van der Waals surface area contributed by atoms with Crippen LogP contribution in [0, 0.1) is 19.7 Å². The summed E-state index contributed by atoms with van der Waals surface area (Å²) in [7, 11) is 0. The predicted molar refractivity (Wildman–Crippen MR) is 94.2 cm³/mol. The Kier molecular flexibility index (Phi) is 6.54. The van der Waals surface area contributed by atoms with Gasteiger partial charge in [0.25, 0.3) is 11.8 Å². The van der Waals surface area contributed by atoms with Gasteiger partial charge >= 0.3 is 0 Å². The molecule has 0 aliphatic heterocycles. The number of rotatable bonds is 6. The fourth-order valence-electron chi connectivity index (χ4n) is 2.22. The van der Waals surface area contributed by atoms with Crippen LogP contribution in [-0.4, -0.2) is 24.5 Å². The van der Waals surface area contributed by atoms with Crippen molar-refractivity contribution >= 4 is 11.8 Å². The number of hydrazine groups is 1. The van der Waals surface area contributed by atoms with Crippen LogP contribution in [0.4, 0.5) is 4.39 Å². The van der Waals surface area contributed by atoms with E-state index in [4.69, 9.17) is 9.47 Å². The number of benzene rings is 2. The fraction of sp³-hybridized carbons (Fsp3) is 0.263. The minimum atomic E-state index is -0.994. The summed E-state index contributed by atoms with van der Waals surface area (Å²) in [5.41, 5.74) is 6.28. The Morgan fingerprint density at radius 3 is 2.35 bits per heavy atom. The molecule has 7 heteroatoms. The van der Waals surface area contributed by atoms with E-state index < -0.39 is 23.7 Å². The summed E-state index contributed by atoms with van der Waals surface area (Å²) in [6.45, 7) is 4.95. The van der Waals surface area contributed by atoms with Gasteiger partial charge in [0.15, 0.2) is 24.3 Å². The number of ether oxygens (including phenoxy) is 2. The highest BCUT2D eigenvalue weighted by Gasteiger charge is 2.17. The fourth-order valence-corrected chi connectivity index (χ4v) is 2.22. The van der Waals surface area contributed by atoms with Gasteiger partial charge in [0.1, 0.15) is 5.75 Å². The first-order chi connectivity index (χ1) is 12.4. The van der Waals surface area contributed by atoms with E-state index in [1.807, 2.05) is 32.0 Å². The lowest BCUT2D eigenvalue weighted by Gasteiger charge is -2.16. The molecule has 0 heterocycles. The second-order valence-electron chi connectivity index (χ2n) is 5.74. The highest BCUT2D eigenvalue weighted by atomic mass is 19.1. The van der Waals surface area contributed by atoms with Gasteiger partial charge in [-0.2, -0.15) is 0 Å². The van der Waals surface area contributed by atoms with Gasteiger partial charge < -0.3 is 9.47 Å². The molecule has 0 aliphatic rings. The van der Waals surface area contributed by atoms with Gasteiger partial charge in [0.05, 0.1) is 0 Å². The van der Waals surface area contributed by atoms with Crippen LogP contribution in [0.25, 0.3) is 0 Å². The van der Waals surface area contributed by atoms with Crippen LogP contribution in [0.1, 0.15) is 18.1 Å². The first-order valence-electron chi connectivity index (χ1n) is 8.07. The van der Waals surface area contributed by atoms with Crippen LogP contribution >= 0.6 is 0 Å². The molecular formula is C19H21FN2O4. The van der Waals surface area contributed by atoms with Crippen molar-refractivity contribution in [2.45, 2.75) is 26.9 Å². The highest BCUT2D eigenvalue weighted by Crippen LogP contribution is 2.22. The average molecular weight is 360 g/mol. The molecule has 0 bridgehead atoms. The lowest BCUT2D eigenvalue weighted by atomic mass is 10.1. The number of carbonyl (C=O) groups excluding carboxylic acids is 2. The summed E-state index contributed by atoms with van der Waals surface area (Å²) in [5.74, 6) is -1.13. The Balaban J connectivity index is 1.79. The van der Waals surface area contributed by atoms with E-state index in [9.17, 15) is 14.0 Å². The Labute approximate surface area is 151 Å². The molecular weight excluding hydrogens is 339 g/mol. The van der Waals surface area contributed by atoms with E-state index in [0.717, 1.165) is 11.1 Å². The van der Waals surface area contributed by atoms with E-state index in [-0.39, 0.29) is 12.4 Å². The summed E-state index contributed by atoms with van der Waals surface area (Å²) in [6, 6.07) is 11.4. The van der Waals surface area contributed by atoms with Gasteiger partial charge in [-0.15, -0.1) is 0 Å². The van der Waals surface area contributed by atoms with Gasteiger partial charge in [-0.25, -0.2) is 4.39 Å². The summed E-state index contributed by atoms with van der Waals surface area (Å²) in [6.07, 6.45) is -0.994. The summed E-state index contributed by atoms with van der Waals surface area (Å²) < 4.78 is 24.2. The first kappa shape index (κ1) is 19.2. The minimum absolute atomic E-state index is 0.0418. The molecule has 6 nitrogen and oxygen atoms in total. The molecule has 2 N–H and O–H groups in total. The summed E-state index contributed by atoms with van der Waals surface area (Å²) >= 11 is 0. The molecule has 0 spiro atoms. The van der Waals surface area contributed by atoms with Gasteiger partial charge in [-0.05, 0) is 44.0 Å². The molecule has 0 fully saturated rings. The molecule has 0 radical (unpaired) electrons. The maximum atomic E-state index is 13.5. The molecule has 26 heavy (non-hydrogen) atoms. The SMILES string of the molecule is Cc1cccc(C)c1OCC(=O)NNC(=O)[C@H](C)Oc1ccccc1F. The number of amides is 2. The van der Waals surface area contributed by atoms with Crippen LogP contribution in [0.2, 0.25) is 0 Å². The third kappa shape index (κ3) is 5.20. The van der Waals surface area contributed by atoms with Crippen LogP contribution in [0.15, 0.2) is 42.5 Å². The third-order valence-corrected chi connectivity index (χ3v) is 3.59. The molecule has 0 aromatic heterocycles. The second kappa shape index (κ2) is 8.84. The minimum Gasteiger partial charge on any atom is -0.483 e. The Morgan fingerprint density at radius 2 is 1.69 bits per heavy atom. The molecule has 2 amide bonds. The number of hydrogen-bond acceptors (Lipinski definition) is 4. The monoisotopic (exact) mass is 360 g/mol. The van der Waals surface area contributed by atoms with Gasteiger partial charge in [0.2, 0.25) is 0 Å². The van der Waals surface area contributed by atoms with Crippen molar-refractivity contribution < 1.29 is 23.5 Å². The van der Waals surface area contributed by atoms with E-state index >= 15 is 0 Å². The van der Waals surface area contributed by atoms with E-state index in [1.54, 1.807) is 6.07 Å². The number of aryl methyl sites for hydroxylation is 2. The summed E-state index contributed by atoms with van der Waals surface area (Å²) in [5, 5.41) is 0. The number of halogens is 1. The van der Waals surface area contributed by atoms with Crippen LogP contribution < -0.4 is 20.3 Å². The van der Waals surface area contributed by atoms with Gasteiger partial charge in [0, 0.05) is 0 Å². The number of para-hydroxylation sites is 2. The van der Waals surface area contributed by atoms with E-state index in [2.05, 4.69) is 10.9 Å². The quantitative estimate of drug-likeness (QED) is 0.776. The van der Waals surface area contributed by atoms with Crippen LogP contribution in [0.3, 0.4) is 0 Å². The standard InChI is InChI=1S/C19H21FN2O4/c1-12-7-6-8-13(2)18(12)25-11-17(23)21-22-19(24)14(3)26-16-10-5-4-9-15(16)20/h4-10,14H,11H2,1-3H3,(H,21,23)(H,22,24)/t14-/m0/s1. The smallest absolute Gasteiger partial charge is 0.279 e. The molecule has 0 unspecified atom stereocenters. The lowest BCUT2D eigenvalue weighted by Crippen LogP contribution is -2.48. The molecule has 2 aromatic carbocycles. The predicted octanol–water partition coefficient (Wildman–Crippen LogP) is 2.44. The maximum Gasteiger partial charge on any atom is 0.279 e. The van der Waals surface area contributed by atoms with Gasteiger partial charge in [-0.1, -0.05) is 30.3 Å². The van der Waals surface area contributed by atoms with Crippen molar-refractivity contribution in [3.05, 3.63) is 59.4 Å². The Hall–Kier alpha value is -3.09. The van der Waals surface area contributed by atoms with Gasteiger partial charge in [-0.3, -0.25) is 20.4 Å². The molecule has 1 atom stereocenters. The Bertz CT molecular complexity index is 775. The van der Waals surface area contributed by atoms with Crippen molar-refractivity contribution in [2.75, 3.05) is 6.61 Å². The molecule has 0 saturated heterocycles. The first-order valence-corrected chi connectivity index (χ1v) is 8.07. The zero-order chi connectivity index (χ0) is 19.1. The highest BCUT2D eigenvalue weighted by molar-refractivity contribution is 5.85. The van der Waals surface area contributed by atoms with Crippen molar-refractivity contribution in [1.29, 1.82) is 0 Å². The van der Waals surface area contributed by atoms with Crippen molar-refractivity contribution in [1.82, 2.24) is 10.9 Å². The number of nitrogens with one attached hydrogen (secondary N) is 2. The second-order valence-corrected chi connectivity index (χ2v) is 5.74. The largest absolute Gasteiger partial charge is 0.483 e. The third-order valence-electron chi connectivity index (χ3n) is 3.59. The molecule has 0 aliphatic carbocycles. The molecule has 2 rings (SSSR count). The topological polar surface area (TPSA) is 76.7 Å². The van der Waals surface area contributed by atoms with Crippen LogP contribution in [-0.2, 0) is 9.59 Å². The maximum absolute atomic E-state index is 13.5. The lowest BCUT2D eigenvalue weighted by molar-refractivity contribution is -0.133. The summed E-state index contributed by atoms with van der Waals surface area (Å²) in [4.78, 5) is 23.8. The number of hydrogen-bond donors (Lipinski definition) is 2. The molecule has 2 aromatic rings. The van der Waals surface area contributed by atoms with Crippen molar-refractivity contribution in [2.24, 2.45) is 0 Å². The number of carbonyl (C=O) groups is 2. The zero-order valence-corrected chi connectivity index (χ0v) is 14.8.